The van der Waals surface area contributed by atoms with Gasteiger partial charge in [0.2, 0.25) is 5.78 Å². The minimum absolute atomic E-state index is 0.0628. The fraction of sp³-hybridized carbons (Fsp3) is 0.238. The minimum Gasteiger partial charge on any atom is -0.331 e. The first-order valence-electron chi connectivity index (χ1n) is 8.36. The van der Waals surface area contributed by atoms with Crippen LogP contribution in [0.4, 0.5) is 0 Å². The van der Waals surface area contributed by atoms with Crippen molar-refractivity contribution in [2.24, 2.45) is 7.05 Å². The SMILES string of the molecule is C[C@H](c1cccc(-c2cccc(C(=O)c3nccn3C)c2)c1)N(C)C. The van der Waals surface area contributed by atoms with E-state index in [1.165, 1.54) is 5.56 Å². The van der Waals surface area contributed by atoms with Crippen molar-refractivity contribution < 1.29 is 4.79 Å². The summed E-state index contributed by atoms with van der Waals surface area (Å²) in [6.45, 7) is 2.18. The van der Waals surface area contributed by atoms with Gasteiger partial charge in [0.15, 0.2) is 5.82 Å². The summed E-state index contributed by atoms with van der Waals surface area (Å²) in [6, 6.07) is 16.5. The zero-order valence-corrected chi connectivity index (χ0v) is 15.1. The van der Waals surface area contributed by atoms with Crippen molar-refractivity contribution in [1.29, 1.82) is 0 Å². The van der Waals surface area contributed by atoms with Crippen LogP contribution in [-0.2, 0) is 7.05 Å². The van der Waals surface area contributed by atoms with E-state index in [9.17, 15) is 4.79 Å². The third-order valence-electron chi connectivity index (χ3n) is 4.63. The molecule has 0 fully saturated rings. The van der Waals surface area contributed by atoms with Crippen molar-refractivity contribution in [3.8, 4) is 11.1 Å². The molecule has 0 bridgehead atoms. The number of aromatic nitrogens is 2. The van der Waals surface area contributed by atoms with E-state index in [0.717, 1.165) is 11.1 Å². The van der Waals surface area contributed by atoms with Gasteiger partial charge in [-0.1, -0.05) is 36.4 Å². The average Bonchev–Trinajstić information content (AvgIpc) is 3.06. The summed E-state index contributed by atoms with van der Waals surface area (Å²) in [5.74, 6) is 0.388. The fourth-order valence-corrected chi connectivity index (χ4v) is 2.83. The van der Waals surface area contributed by atoms with Gasteiger partial charge in [-0.2, -0.15) is 0 Å². The molecule has 3 aromatic rings. The number of nitrogens with zero attached hydrogens (tertiary/aromatic N) is 3. The van der Waals surface area contributed by atoms with Gasteiger partial charge in [0.25, 0.3) is 0 Å². The molecular weight excluding hydrogens is 310 g/mol. The second-order valence-electron chi connectivity index (χ2n) is 6.54. The Morgan fingerprint density at radius 3 is 2.40 bits per heavy atom. The molecule has 128 valence electrons. The average molecular weight is 333 g/mol. The predicted molar refractivity (Wildman–Crippen MR) is 101 cm³/mol. The highest BCUT2D eigenvalue weighted by molar-refractivity contribution is 6.07. The number of hydrogen-bond donors (Lipinski definition) is 0. The summed E-state index contributed by atoms with van der Waals surface area (Å²) < 4.78 is 1.74. The maximum atomic E-state index is 12.7. The van der Waals surface area contributed by atoms with E-state index in [-0.39, 0.29) is 5.78 Å². The Morgan fingerprint density at radius 2 is 1.76 bits per heavy atom. The predicted octanol–water partition coefficient (Wildman–Crippen LogP) is 3.94. The second kappa shape index (κ2) is 7.03. The molecule has 0 aliphatic carbocycles. The molecule has 0 radical (unpaired) electrons. The zero-order chi connectivity index (χ0) is 18.0. The Hall–Kier alpha value is -2.72. The van der Waals surface area contributed by atoms with Gasteiger partial charge in [-0.25, -0.2) is 4.98 Å². The van der Waals surface area contributed by atoms with Crippen molar-refractivity contribution in [3.05, 3.63) is 77.9 Å². The second-order valence-corrected chi connectivity index (χ2v) is 6.54. The third kappa shape index (κ3) is 3.54. The van der Waals surface area contributed by atoms with E-state index >= 15 is 0 Å². The molecule has 0 spiro atoms. The first-order chi connectivity index (χ1) is 12.0. The number of benzene rings is 2. The summed E-state index contributed by atoms with van der Waals surface area (Å²) in [5, 5.41) is 0. The molecule has 0 saturated carbocycles. The number of imidazole rings is 1. The molecule has 0 N–H and O–H groups in total. The maximum absolute atomic E-state index is 12.7. The Bertz CT molecular complexity index is 895. The molecule has 4 heteroatoms. The van der Waals surface area contributed by atoms with Gasteiger partial charge in [-0.15, -0.1) is 0 Å². The molecular formula is C21H23N3O. The van der Waals surface area contributed by atoms with Gasteiger partial charge in [-0.3, -0.25) is 4.79 Å². The lowest BCUT2D eigenvalue weighted by Crippen LogP contribution is -2.16. The lowest BCUT2D eigenvalue weighted by Gasteiger charge is -2.20. The number of ketones is 1. The first kappa shape index (κ1) is 17.1. The minimum atomic E-state index is -0.0628. The van der Waals surface area contributed by atoms with Crippen LogP contribution >= 0.6 is 0 Å². The number of carbonyl (C=O) groups excluding carboxylic acids is 1. The number of rotatable bonds is 5. The summed E-state index contributed by atoms with van der Waals surface area (Å²) in [4.78, 5) is 19.0. The maximum Gasteiger partial charge on any atom is 0.228 e. The number of aryl methyl sites for hydroxylation is 1. The highest BCUT2D eigenvalue weighted by atomic mass is 16.1. The Labute approximate surface area is 148 Å². The quantitative estimate of drug-likeness (QED) is 0.664. The molecule has 0 aliphatic heterocycles. The normalized spacial score (nSPS) is 12.4. The van der Waals surface area contributed by atoms with Crippen molar-refractivity contribution in [3.63, 3.8) is 0 Å². The molecule has 0 aliphatic rings. The van der Waals surface area contributed by atoms with E-state index in [4.69, 9.17) is 0 Å². The van der Waals surface area contributed by atoms with Gasteiger partial charge in [0.05, 0.1) is 0 Å². The van der Waals surface area contributed by atoms with Crippen molar-refractivity contribution >= 4 is 5.78 Å². The molecule has 0 amide bonds. The van der Waals surface area contributed by atoms with Crippen LogP contribution in [0.3, 0.4) is 0 Å². The van der Waals surface area contributed by atoms with E-state index in [0.29, 0.717) is 17.4 Å². The summed E-state index contributed by atoms with van der Waals surface area (Å²) in [6.07, 6.45) is 3.42. The first-order valence-corrected chi connectivity index (χ1v) is 8.36. The lowest BCUT2D eigenvalue weighted by molar-refractivity contribution is 0.102. The van der Waals surface area contributed by atoms with Crippen LogP contribution in [0.25, 0.3) is 11.1 Å². The van der Waals surface area contributed by atoms with E-state index in [2.05, 4.69) is 55.2 Å². The smallest absolute Gasteiger partial charge is 0.228 e. The summed E-state index contributed by atoms with van der Waals surface area (Å²) in [7, 11) is 5.98. The van der Waals surface area contributed by atoms with Crippen LogP contribution in [0.2, 0.25) is 0 Å². The standard InChI is InChI=1S/C21H23N3O/c1-15(23(2)3)16-7-5-8-17(13-16)18-9-6-10-19(14-18)20(25)21-22-11-12-24(21)4/h5-15H,1-4H3/t15-/m1/s1. The van der Waals surface area contributed by atoms with Crippen LogP contribution in [0.1, 0.15) is 34.7 Å². The van der Waals surface area contributed by atoms with Crippen LogP contribution in [0.15, 0.2) is 60.9 Å². The Morgan fingerprint density at radius 1 is 1.08 bits per heavy atom. The van der Waals surface area contributed by atoms with E-state index in [1.54, 1.807) is 17.0 Å². The molecule has 0 saturated heterocycles. The monoisotopic (exact) mass is 333 g/mol. The molecule has 1 heterocycles. The zero-order valence-electron chi connectivity index (χ0n) is 15.1. The Kier molecular flexibility index (Phi) is 4.81. The summed E-state index contributed by atoms with van der Waals surface area (Å²) in [5.41, 5.74) is 4.05. The number of carbonyl (C=O) groups is 1. The molecule has 4 nitrogen and oxygen atoms in total. The van der Waals surface area contributed by atoms with Crippen LogP contribution in [0.5, 0.6) is 0 Å². The largest absolute Gasteiger partial charge is 0.331 e. The topological polar surface area (TPSA) is 38.1 Å². The molecule has 3 rings (SSSR count). The van der Waals surface area contributed by atoms with Crippen molar-refractivity contribution in [2.75, 3.05) is 14.1 Å². The van der Waals surface area contributed by atoms with Crippen molar-refractivity contribution in [1.82, 2.24) is 14.5 Å². The molecule has 1 atom stereocenters. The van der Waals surface area contributed by atoms with Gasteiger partial charge in [-0.05, 0) is 49.8 Å². The molecule has 2 aromatic carbocycles. The highest BCUT2D eigenvalue weighted by Gasteiger charge is 2.15. The van der Waals surface area contributed by atoms with E-state index < -0.39 is 0 Å². The fourth-order valence-electron chi connectivity index (χ4n) is 2.83. The number of hydrogen-bond acceptors (Lipinski definition) is 3. The molecule has 0 unspecified atom stereocenters. The van der Waals surface area contributed by atoms with Crippen molar-refractivity contribution in [2.45, 2.75) is 13.0 Å². The highest BCUT2D eigenvalue weighted by Crippen LogP contribution is 2.26. The van der Waals surface area contributed by atoms with Gasteiger partial charge < -0.3 is 9.47 Å². The molecule has 1 aromatic heterocycles. The Balaban J connectivity index is 1.96. The lowest BCUT2D eigenvalue weighted by atomic mass is 9.97. The van der Waals surface area contributed by atoms with E-state index in [1.807, 2.05) is 31.3 Å². The van der Waals surface area contributed by atoms with Crippen LogP contribution < -0.4 is 0 Å². The van der Waals surface area contributed by atoms with Crippen LogP contribution in [-0.4, -0.2) is 34.3 Å². The van der Waals surface area contributed by atoms with Crippen LogP contribution in [0, 0.1) is 0 Å². The molecule has 25 heavy (non-hydrogen) atoms. The van der Waals surface area contributed by atoms with Gasteiger partial charge in [0.1, 0.15) is 0 Å². The van der Waals surface area contributed by atoms with Gasteiger partial charge >= 0.3 is 0 Å². The summed E-state index contributed by atoms with van der Waals surface area (Å²) >= 11 is 0. The third-order valence-corrected chi connectivity index (χ3v) is 4.63. The van der Waals surface area contributed by atoms with Gasteiger partial charge in [0, 0.05) is 31.0 Å².